The molecule has 0 aliphatic carbocycles. The lowest BCUT2D eigenvalue weighted by atomic mass is 10.0. The molecule has 0 bridgehead atoms. The monoisotopic (exact) mass is 209 g/mol. The standard InChI is InChI=1S/C14H11NO/c1-9-6-14(16)15-13-8-11-5-3-2-4-10(11)7-12(9)13/h2-8H,1H3,(H,15,16). The predicted octanol–water partition coefficient (Wildman–Crippen LogP) is 2.99. The van der Waals surface area contributed by atoms with Gasteiger partial charge >= 0.3 is 0 Å². The zero-order valence-electron chi connectivity index (χ0n) is 8.95. The van der Waals surface area contributed by atoms with Crippen LogP contribution in [0.1, 0.15) is 5.56 Å². The summed E-state index contributed by atoms with van der Waals surface area (Å²) in [6.45, 7) is 1.96. The van der Waals surface area contributed by atoms with Crippen LogP contribution in [0.5, 0.6) is 0 Å². The molecule has 0 spiro atoms. The molecule has 0 unspecified atom stereocenters. The van der Waals surface area contributed by atoms with Crippen LogP contribution in [0.4, 0.5) is 0 Å². The third-order valence-corrected chi connectivity index (χ3v) is 2.92. The van der Waals surface area contributed by atoms with Crippen LogP contribution in [0.2, 0.25) is 0 Å². The van der Waals surface area contributed by atoms with Crippen molar-refractivity contribution in [2.75, 3.05) is 0 Å². The largest absolute Gasteiger partial charge is 0.322 e. The fraction of sp³-hybridized carbons (Fsp3) is 0.0714. The molecule has 0 saturated heterocycles. The first-order chi connectivity index (χ1) is 7.74. The maximum atomic E-state index is 11.4. The van der Waals surface area contributed by atoms with Crippen molar-refractivity contribution < 1.29 is 0 Å². The summed E-state index contributed by atoms with van der Waals surface area (Å²) in [4.78, 5) is 14.3. The van der Waals surface area contributed by atoms with Crippen molar-refractivity contribution >= 4 is 21.7 Å². The van der Waals surface area contributed by atoms with Crippen molar-refractivity contribution in [2.24, 2.45) is 0 Å². The van der Waals surface area contributed by atoms with E-state index in [1.54, 1.807) is 6.07 Å². The van der Waals surface area contributed by atoms with Gasteiger partial charge in [0.2, 0.25) is 5.56 Å². The summed E-state index contributed by atoms with van der Waals surface area (Å²) in [6, 6.07) is 13.9. The first-order valence-corrected chi connectivity index (χ1v) is 5.26. The van der Waals surface area contributed by atoms with Gasteiger partial charge in [-0.2, -0.15) is 0 Å². The van der Waals surface area contributed by atoms with Gasteiger partial charge in [0.1, 0.15) is 0 Å². The fourth-order valence-corrected chi connectivity index (χ4v) is 2.11. The van der Waals surface area contributed by atoms with Crippen LogP contribution in [0.15, 0.2) is 47.3 Å². The molecule has 0 fully saturated rings. The topological polar surface area (TPSA) is 32.9 Å². The van der Waals surface area contributed by atoms with E-state index in [1.807, 2.05) is 25.1 Å². The molecule has 2 nitrogen and oxygen atoms in total. The van der Waals surface area contributed by atoms with E-state index in [0.29, 0.717) is 0 Å². The molecule has 3 aromatic rings. The van der Waals surface area contributed by atoms with Crippen molar-refractivity contribution in [3.63, 3.8) is 0 Å². The Morgan fingerprint density at radius 3 is 2.44 bits per heavy atom. The van der Waals surface area contributed by atoms with E-state index in [9.17, 15) is 4.79 Å². The van der Waals surface area contributed by atoms with Crippen LogP contribution >= 0.6 is 0 Å². The van der Waals surface area contributed by atoms with Crippen molar-refractivity contribution in [1.82, 2.24) is 4.98 Å². The number of aromatic nitrogens is 1. The summed E-state index contributed by atoms with van der Waals surface area (Å²) in [7, 11) is 0. The van der Waals surface area contributed by atoms with Gasteiger partial charge < -0.3 is 4.98 Å². The number of pyridine rings is 1. The smallest absolute Gasteiger partial charge is 0.248 e. The summed E-state index contributed by atoms with van der Waals surface area (Å²) in [5.74, 6) is 0. The molecule has 0 saturated carbocycles. The van der Waals surface area contributed by atoms with Gasteiger partial charge in [-0.25, -0.2) is 0 Å². The molecule has 2 heteroatoms. The van der Waals surface area contributed by atoms with Gasteiger partial charge in [-0.15, -0.1) is 0 Å². The summed E-state index contributed by atoms with van der Waals surface area (Å²) in [5.41, 5.74) is 1.88. The Morgan fingerprint density at radius 1 is 1.00 bits per heavy atom. The van der Waals surface area contributed by atoms with Crippen LogP contribution in [0, 0.1) is 6.92 Å². The maximum Gasteiger partial charge on any atom is 0.248 e. The van der Waals surface area contributed by atoms with Gasteiger partial charge in [0.25, 0.3) is 0 Å². The highest BCUT2D eigenvalue weighted by molar-refractivity contribution is 5.97. The zero-order chi connectivity index (χ0) is 11.1. The minimum Gasteiger partial charge on any atom is -0.322 e. The van der Waals surface area contributed by atoms with Gasteiger partial charge in [0, 0.05) is 17.0 Å². The Morgan fingerprint density at radius 2 is 1.69 bits per heavy atom. The summed E-state index contributed by atoms with van der Waals surface area (Å²) in [6.07, 6.45) is 0. The molecule has 0 atom stereocenters. The highest BCUT2D eigenvalue weighted by atomic mass is 16.1. The molecule has 2 aromatic carbocycles. The van der Waals surface area contributed by atoms with Crippen molar-refractivity contribution in [3.05, 3.63) is 58.4 Å². The third kappa shape index (κ3) is 1.31. The Bertz CT molecular complexity index is 740. The molecule has 0 aliphatic heterocycles. The van der Waals surface area contributed by atoms with E-state index in [0.717, 1.165) is 21.9 Å². The first kappa shape index (κ1) is 9.16. The quantitative estimate of drug-likeness (QED) is 0.567. The number of H-pyrrole nitrogens is 1. The zero-order valence-corrected chi connectivity index (χ0v) is 8.95. The highest BCUT2D eigenvalue weighted by Crippen LogP contribution is 2.22. The minimum atomic E-state index is -0.0414. The van der Waals surface area contributed by atoms with E-state index in [-0.39, 0.29) is 5.56 Å². The second-order valence-electron chi connectivity index (χ2n) is 4.06. The molecule has 1 aromatic heterocycles. The number of hydrogen-bond donors (Lipinski definition) is 1. The molecule has 1 heterocycles. The molecule has 0 radical (unpaired) electrons. The van der Waals surface area contributed by atoms with Gasteiger partial charge in [0.05, 0.1) is 0 Å². The average molecular weight is 209 g/mol. The molecule has 78 valence electrons. The van der Waals surface area contributed by atoms with Gasteiger partial charge in [-0.05, 0) is 35.4 Å². The lowest BCUT2D eigenvalue weighted by Crippen LogP contribution is -2.04. The molecule has 16 heavy (non-hydrogen) atoms. The molecular weight excluding hydrogens is 198 g/mol. The Kier molecular flexibility index (Phi) is 1.83. The second kappa shape index (κ2) is 3.20. The summed E-state index contributed by atoms with van der Waals surface area (Å²) in [5, 5.41) is 3.46. The summed E-state index contributed by atoms with van der Waals surface area (Å²) >= 11 is 0. The number of fused-ring (bicyclic) bond motifs is 2. The summed E-state index contributed by atoms with van der Waals surface area (Å²) < 4.78 is 0. The number of nitrogens with one attached hydrogen (secondary N) is 1. The third-order valence-electron chi connectivity index (χ3n) is 2.92. The van der Waals surface area contributed by atoms with Crippen molar-refractivity contribution in [1.29, 1.82) is 0 Å². The second-order valence-corrected chi connectivity index (χ2v) is 4.06. The SMILES string of the molecule is Cc1cc(=O)[nH]c2cc3ccccc3cc12. The average Bonchev–Trinajstić information content (AvgIpc) is 2.27. The molecular formula is C14H11NO. The minimum absolute atomic E-state index is 0.0414. The number of benzene rings is 2. The molecule has 0 amide bonds. The molecule has 1 N–H and O–H groups in total. The molecule has 3 rings (SSSR count). The van der Waals surface area contributed by atoms with E-state index in [1.165, 1.54) is 5.39 Å². The van der Waals surface area contributed by atoms with Crippen LogP contribution < -0.4 is 5.56 Å². The van der Waals surface area contributed by atoms with Gasteiger partial charge in [0.15, 0.2) is 0 Å². The van der Waals surface area contributed by atoms with E-state index < -0.39 is 0 Å². The Balaban J connectivity index is 2.56. The normalized spacial score (nSPS) is 11.1. The predicted molar refractivity (Wildman–Crippen MR) is 66.8 cm³/mol. The highest BCUT2D eigenvalue weighted by Gasteiger charge is 2.01. The van der Waals surface area contributed by atoms with Gasteiger partial charge in [-0.1, -0.05) is 24.3 Å². The van der Waals surface area contributed by atoms with E-state index >= 15 is 0 Å². The first-order valence-electron chi connectivity index (χ1n) is 5.26. The Labute approximate surface area is 92.5 Å². The van der Waals surface area contributed by atoms with Crippen molar-refractivity contribution in [2.45, 2.75) is 6.92 Å². The van der Waals surface area contributed by atoms with E-state index in [4.69, 9.17) is 0 Å². The Hall–Kier alpha value is -2.09. The van der Waals surface area contributed by atoms with Crippen LogP contribution in [0.3, 0.4) is 0 Å². The lowest BCUT2D eigenvalue weighted by Gasteiger charge is -2.04. The van der Waals surface area contributed by atoms with Crippen molar-refractivity contribution in [3.8, 4) is 0 Å². The number of rotatable bonds is 0. The lowest BCUT2D eigenvalue weighted by molar-refractivity contribution is 1.28. The number of hydrogen-bond acceptors (Lipinski definition) is 1. The van der Waals surface area contributed by atoms with E-state index in [2.05, 4.69) is 23.2 Å². The maximum absolute atomic E-state index is 11.4. The van der Waals surface area contributed by atoms with Crippen LogP contribution in [-0.4, -0.2) is 4.98 Å². The van der Waals surface area contributed by atoms with Crippen LogP contribution in [-0.2, 0) is 0 Å². The number of aryl methyl sites for hydroxylation is 1. The molecule has 0 aliphatic rings. The fourth-order valence-electron chi connectivity index (χ4n) is 2.11. The van der Waals surface area contributed by atoms with Gasteiger partial charge in [-0.3, -0.25) is 4.79 Å². The number of aromatic amines is 1. The van der Waals surface area contributed by atoms with Crippen LogP contribution in [0.25, 0.3) is 21.7 Å².